The molecule has 0 aliphatic rings. The van der Waals surface area contributed by atoms with Gasteiger partial charge in [0.1, 0.15) is 7.85 Å². The lowest BCUT2D eigenvalue weighted by Gasteiger charge is -2.10. The van der Waals surface area contributed by atoms with Crippen LogP contribution in [0.2, 0.25) is 0 Å². The summed E-state index contributed by atoms with van der Waals surface area (Å²) < 4.78 is 1.23. The van der Waals surface area contributed by atoms with Gasteiger partial charge in [-0.05, 0) is 22.8 Å². The minimum atomic E-state index is 0.646. The van der Waals surface area contributed by atoms with E-state index in [2.05, 4.69) is 55.6 Å². The number of rotatable bonds is 6. The first-order chi connectivity index (χ1) is 18.6. The molecular weight excluding hydrogens is 481 g/mol. The van der Waals surface area contributed by atoms with Gasteiger partial charge in [0.05, 0.1) is 0 Å². The average Bonchev–Trinajstić information content (AvgIpc) is 3.37. The van der Waals surface area contributed by atoms with Crippen molar-refractivity contribution in [2.45, 2.75) is 0 Å². The average molecular weight is 505 g/mol. The van der Waals surface area contributed by atoms with Crippen molar-refractivity contribution in [1.29, 1.82) is 0 Å². The van der Waals surface area contributed by atoms with Crippen molar-refractivity contribution in [3.05, 3.63) is 127 Å². The molecule has 4 aromatic carbocycles. The maximum atomic E-state index is 4.91. The molecular formula is C33H24BN3S. The topological polar surface area (TPSA) is 38.7 Å². The molecule has 0 saturated carbocycles. The first-order valence-electron chi connectivity index (χ1n) is 12.4. The van der Waals surface area contributed by atoms with Crippen LogP contribution in [0.1, 0.15) is 10.4 Å². The summed E-state index contributed by atoms with van der Waals surface area (Å²) in [5.74, 6) is 1.95. The van der Waals surface area contributed by atoms with E-state index in [0.717, 1.165) is 33.3 Å². The van der Waals surface area contributed by atoms with Gasteiger partial charge in [-0.2, -0.15) is 0 Å². The highest BCUT2D eigenvalue weighted by Gasteiger charge is 2.16. The molecule has 0 fully saturated rings. The second-order valence-electron chi connectivity index (χ2n) is 9.13. The molecule has 2 aromatic heterocycles. The second-order valence-corrected chi connectivity index (χ2v) is 10.2. The van der Waals surface area contributed by atoms with Crippen molar-refractivity contribution in [1.82, 2.24) is 15.0 Å². The van der Waals surface area contributed by atoms with Crippen LogP contribution in [0.15, 0.2) is 116 Å². The van der Waals surface area contributed by atoms with Gasteiger partial charge in [-0.3, -0.25) is 0 Å². The van der Waals surface area contributed by atoms with E-state index in [0.29, 0.717) is 17.5 Å². The van der Waals surface area contributed by atoms with Gasteiger partial charge < -0.3 is 0 Å². The van der Waals surface area contributed by atoms with Crippen molar-refractivity contribution in [3.63, 3.8) is 0 Å². The van der Waals surface area contributed by atoms with Crippen molar-refractivity contribution in [2.75, 3.05) is 0 Å². The third kappa shape index (κ3) is 4.38. The standard InChI is InChI=1S/C33H24BN3S/c1-3-26-28-19-11-18-27(30(28)38-29(26)21(2)34)24-16-10-17-25(20-24)33-36-31(22-12-6-4-7-13-22)35-32(37-33)23-14-8-5-9-15-23/h3-20H,1-2,34H2. The lowest BCUT2D eigenvalue weighted by atomic mass is 9.92. The minimum Gasteiger partial charge on any atom is -0.208 e. The monoisotopic (exact) mass is 505 g/mol. The lowest BCUT2D eigenvalue weighted by Crippen LogP contribution is -2.00. The van der Waals surface area contributed by atoms with Crippen LogP contribution in [0.3, 0.4) is 0 Å². The summed E-state index contributed by atoms with van der Waals surface area (Å²) in [6, 6.07) is 35.0. The Balaban J connectivity index is 1.52. The normalized spacial score (nSPS) is 10.9. The van der Waals surface area contributed by atoms with Crippen LogP contribution in [0.25, 0.3) is 66.9 Å². The molecule has 0 unspecified atom stereocenters. The summed E-state index contributed by atoms with van der Waals surface area (Å²) in [4.78, 5) is 15.8. The Morgan fingerprint density at radius 1 is 0.658 bits per heavy atom. The molecule has 0 spiro atoms. The van der Waals surface area contributed by atoms with Crippen LogP contribution in [-0.4, -0.2) is 22.8 Å². The number of fused-ring (bicyclic) bond motifs is 1. The van der Waals surface area contributed by atoms with Crippen LogP contribution in [0, 0.1) is 0 Å². The zero-order valence-electron chi connectivity index (χ0n) is 21.1. The van der Waals surface area contributed by atoms with E-state index >= 15 is 0 Å². The van der Waals surface area contributed by atoms with Gasteiger partial charge in [-0.1, -0.05) is 115 Å². The Bertz CT molecular complexity index is 1750. The number of hydrogen-bond donors (Lipinski definition) is 0. The van der Waals surface area contributed by atoms with Crippen molar-refractivity contribution >= 4 is 40.8 Å². The molecule has 2 heterocycles. The Hall–Kier alpha value is -4.61. The Kier molecular flexibility index (Phi) is 6.28. The van der Waals surface area contributed by atoms with Crippen molar-refractivity contribution in [2.24, 2.45) is 0 Å². The van der Waals surface area contributed by atoms with Crippen molar-refractivity contribution < 1.29 is 0 Å². The molecule has 6 aromatic rings. The Morgan fingerprint density at radius 3 is 1.76 bits per heavy atom. The van der Waals surface area contributed by atoms with Crippen LogP contribution >= 0.6 is 11.3 Å². The fourth-order valence-corrected chi connectivity index (χ4v) is 5.91. The highest BCUT2D eigenvalue weighted by Crippen LogP contribution is 2.41. The smallest absolute Gasteiger partial charge is 0.164 e. The van der Waals surface area contributed by atoms with E-state index in [-0.39, 0.29) is 0 Å². The summed E-state index contributed by atoms with van der Waals surface area (Å²) in [5.41, 5.74) is 7.33. The summed E-state index contributed by atoms with van der Waals surface area (Å²) in [6.45, 7) is 8.25. The molecule has 0 saturated heterocycles. The van der Waals surface area contributed by atoms with E-state index in [1.807, 2.05) is 74.6 Å². The second kappa shape index (κ2) is 10.0. The van der Waals surface area contributed by atoms with Crippen LogP contribution in [0.4, 0.5) is 0 Å². The zero-order chi connectivity index (χ0) is 26.1. The number of nitrogens with zero attached hydrogens (tertiary/aromatic N) is 3. The largest absolute Gasteiger partial charge is 0.208 e. The fraction of sp³-hybridized carbons (Fsp3) is 0. The number of hydrogen-bond acceptors (Lipinski definition) is 4. The molecule has 0 aliphatic heterocycles. The molecule has 38 heavy (non-hydrogen) atoms. The highest BCUT2D eigenvalue weighted by molar-refractivity contribution is 7.21. The van der Waals surface area contributed by atoms with E-state index < -0.39 is 0 Å². The SMILES string of the molecule is BC(=C)c1sc2c(-c3cccc(-c4nc(-c5ccccc5)nc(-c5ccccc5)n4)c3)cccc2c1C=C. The predicted octanol–water partition coefficient (Wildman–Crippen LogP) is 8.00. The molecule has 0 bridgehead atoms. The number of benzene rings is 4. The van der Waals surface area contributed by atoms with Gasteiger partial charge in [0.15, 0.2) is 17.5 Å². The van der Waals surface area contributed by atoms with Crippen LogP contribution in [-0.2, 0) is 0 Å². The molecule has 0 aliphatic carbocycles. The summed E-state index contributed by atoms with van der Waals surface area (Å²) in [6.07, 6.45) is 1.93. The molecule has 180 valence electrons. The van der Waals surface area contributed by atoms with E-state index in [9.17, 15) is 0 Å². The summed E-state index contributed by atoms with van der Waals surface area (Å²) in [7, 11) is 2.05. The van der Waals surface area contributed by atoms with Gasteiger partial charge in [-0.25, -0.2) is 15.0 Å². The maximum absolute atomic E-state index is 4.91. The third-order valence-corrected chi connectivity index (χ3v) is 7.89. The minimum absolute atomic E-state index is 0.646. The molecule has 3 nitrogen and oxygen atoms in total. The molecule has 5 heteroatoms. The van der Waals surface area contributed by atoms with E-state index in [4.69, 9.17) is 15.0 Å². The quantitative estimate of drug-likeness (QED) is 0.215. The molecule has 0 amide bonds. The Morgan fingerprint density at radius 2 is 1.18 bits per heavy atom. The van der Waals surface area contributed by atoms with Gasteiger partial charge >= 0.3 is 0 Å². The zero-order valence-corrected chi connectivity index (χ0v) is 21.9. The molecule has 6 rings (SSSR count). The number of aromatic nitrogens is 3. The maximum Gasteiger partial charge on any atom is 0.164 e. The summed E-state index contributed by atoms with van der Waals surface area (Å²) in [5, 5.41) is 1.20. The number of thiophene rings is 1. The summed E-state index contributed by atoms with van der Waals surface area (Å²) >= 11 is 1.77. The predicted molar refractivity (Wildman–Crippen MR) is 165 cm³/mol. The van der Waals surface area contributed by atoms with Gasteiger partial charge in [0, 0.05) is 31.7 Å². The van der Waals surface area contributed by atoms with E-state index in [1.54, 1.807) is 11.3 Å². The first kappa shape index (κ1) is 23.8. The van der Waals surface area contributed by atoms with Gasteiger partial charge in [-0.15, -0.1) is 17.9 Å². The highest BCUT2D eigenvalue weighted by atomic mass is 32.1. The van der Waals surface area contributed by atoms with Gasteiger partial charge in [0.2, 0.25) is 0 Å². The lowest BCUT2D eigenvalue weighted by molar-refractivity contribution is 1.07. The van der Waals surface area contributed by atoms with Crippen molar-refractivity contribution in [3.8, 4) is 45.3 Å². The molecule has 0 radical (unpaired) electrons. The van der Waals surface area contributed by atoms with Gasteiger partial charge in [0.25, 0.3) is 0 Å². The van der Waals surface area contributed by atoms with Crippen LogP contribution in [0.5, 0.6) is 0 Å². The Labute approximate surface area is 227 Å². The molecule has 0 atom stereocenters. The molecule has 0 N–H and O–H groups in total. The van der Waals surface area contributed by atoms with E-state index in [1.165, 1.54) is 20.5 Å². The fourth-order valence-electron chi connectivity index (χ4n) is 4.65. The third-order valence-electron chi connectivity index (χ3n) is 6.48. The van der Waals surface area contributed by atoms with Crippen LogP contribution < -0.4 is 0 Å². The first-order valence-corrected chi connectivity index (χ1v) is 13.3.